The molecule has 2 rings (SSSR count). The summed E-state index contributed by atoms with van der Waals surface area (Å²) < 4.78 is 33.9. The predicted molar refractivity (Wildman–Crippen MR) is 70.9 cm³/mol. The van der Waals surface area contributed by atoms with Gasteiger partial charge in [-0.3, -0.25) is 4.99 Å². The molecule has 0 aromatic heterocycles. The Hall–Kier alpha value is -2.15. The van der Waals surface area contributed by atoms with Gasteiger partial charge < -0.3 is 20.1 Å². The van der Waals surface area contributed by atoms with Crippen molar-refractivity contribution in [3.63, 3.8) is 0 Å². The number of hydrogen-bond acceptors (Lipinski definition) is 5. The normalized spacial score (nSPS) is 15.6. The molecule has 1 aromatic carbocycles. The third-order valence-electron chi connectivity index (χ3n) is 2.82. The number of hydrogen-bond donors (Lipinski definition) is 1. The lowest BCUT2D eigenvalue weighted by molar-refractivity contribution is -0.0512. The van der Waals surface area contributed by atoms with Crippen molar-refractivity contribution in [3.8, 4) is 11.5 Å². The Kier molecular flexibility index (Phi) is 4.52. The number of alkyl halides is 2. The summed E-state index contributed by atoms with van der Waals surface area (Å²) >= 11 is 0. The standard InChI is InChI=1S/C13H15F2N3O2/c1-19-11-7-9(3-4-10(11)20-13(14)15)12(16)18-6-2-5-17-8-18/h2-7,12-13H,8,16H2,1H3. The van der Waals surface area contributed by atoms with Crippen LogP contribution >= 0.6 is 0 Å². The maximum absolute atomic E-state index is 12.3. The van der Waals surface area contributed by atoms with Crippen molar-refractivity contribution in [2.45, 2.75) is 12.8 Å². The molecule has 1 aromatic rings. The van der Waals surface area contributed by atoms with Crippen molar-refractivity contribution < 1.29 is 18.3 Å². The topological polar surface area (TPSA) is 60.1 Å². The summed E-state index contributed by atoms with van der Waals surface area (Å²) in [5.74, 6) is 0.188. The molecule has 0 aliphatic carbocycles. The number of rotatable bonds is 5. The number of aliphatic imine (C=N–C) groups is 1. The average Bonchev–Trinajstić information content (AvgIpc) is 2.47. The van der Waals surface area contributed by atoms with E-state index >= 15 is 0 Å². The number of nitrogens with zero attached hydrogens (tertiary/aromatic N) is 2. The van der Waals surface area contributed by atoms with E-state index in [1.807, 2.05) is 11.1 Å². The number of nitrogens with two attached hydrogens (primary N) is 1. The molecule has 5 nitrogen and oxygen atoms in total. The van der Waals surface area contributed by atoms with Crippen molar-refractivity contribution in [2.24, 2.45) is 10.7 Å². The molecule has 0 spiro atoms. The van der Waals surface area contributed by atoms with Crippen molar-refractivity contribution in [2.75, 3.05) is 13.8 Å². The molecule has 0 saturated heterocycles. The van der Waals surface area contributed by atoms with Gasteiger partial charge in [-0.1, -0.05) is 6.07 Å². The van der Waals surface area contributed by atoms with Gasteiger partial charge in [-0.2, -0.15) is 8.78 Å². The fourth-order valence-electron chi connectivity index (χ4n) is 1.83. The number of halogens is 2. The summed E-state index contributed by atoms with van der Waals surface area (Å²) in [7, 11) is 1.38. The van der Waals surface area contributed by atoms with E-state index in [0.29, 0.717) is 12.2 Å². The Morgan fingerprint density at radius 1 is 1.35 bits per heavy atom. The van der Waals surface area contributed by atoms with E-state index in [0.717, 1.165) is 0 Å². The fourth-order valence-corrected chi connectivity index (χ4v) is 1.83. The first-order chi connectivity index (χ1) is 9.61. The van der Waals surface area contributed by atoms with Gasteiger partial charge in [0.1, 0.15) is 12.8 Å². The molecule has 108 valence electrons. The highest BCUT2D eigenvalue weighted by atomic mass is 19.3. The molecule has 0 amide bonds. The van der Waals surface area contributed by atoms with Gasteiger partial charge in [-0.15, -0.1) is 0 Å². The second-order valence-corrected chi connectivity index (χ2v) is 4.06. The molecule has 0 radical (unpaired) electrons. The van der Waals surface area contributed by atoms with E-state index in [1.165, 1.54) is 13.2 Å². The number of ether oxygens (including phenoxy) is 2. The zero-order chi connectivity index (χ0) is 14.5. The van der Waals surface area contributed by atoms with Crippen molar-refractivity contribution in [1.82, 2.24) is 4.90 Å². The van der Waals surface area contributed by atoms with E-state index in [2.05, 4.69) is 9.73 Å². The van der Waals surface area contributed by atoms with Gasteiger partial charge in [-0.25, -0.2) is 0 Å². The molecule has 2 N–H and O–H groups in total. The minimum atomic E-state index is -2.90. The first-order valence-corrected chi connectivity index (χ1v) is 5.92. The largest absolute Gasteiger partial charge is 0.493 e. The summed E-state index contributed by atoms with van der Waals surface area (Å²) in [6.07, 6.45) is 4.82. The van der Waals surface area contributed by atoms with Crippen molar-refractivity contribution in [1.29, 1.82) is 0 Å². The van der Waals surface area contributed by atoms with Crippen LogP contribution in [0.3, 0.4) is 0 Å². The summed E-state index contributed by atoms with van der Waals surface area (Å²) in [6.45, 7) is -2.46. The van der Waals surface area contributed by atoms with Crippen LogP contribution in [0, 0.1) is 0 Å². The van der Waals surface area contributed by atoms with Crippen LogP contribution in [0.5, 0.6) is 11.5 Å². The first-order valence-electron chi connectivity index (χ1n) is 5.92. The summed E-state index contributed by atoms with van der Waals surface area (Å²) in [4.78, 5) is 5.89. The SMILES string of the molecule is COc1cc(C(N)N2C=CC=NC2)ccc1OC(F)F. The van der Waals surface area contributed by atoms with Crippen LogP contribution in [0.25, 0.3) is 0 Å². The molecular formula is C13H15F2N3O2. The van der Waals surface area contributed by atoms with E-state index in [1.54, 1.807) is 24.4 Å². The lowest BCUT2D eigenvalue weighted by Crippen LogP contribution is -2.31. The van der Waals surface area contributed by atoms with Crippen molar-refractivity contribution in [3.05, 3.63) is 36.0 Å². The zero-order valence-electron chi connectivity index (χ0n) is 10.9. The predicted octanol–water partition coefficient (Wildman–Crippen LogP) is 2.11. The van der Waals surface area contributed by atoms with Gasteiger partial charge in [0.15, 0.2) is 11.5 Å². The Morgan fingerprint density at radius 3 is 2.75 bits per heavy atom. The third kappa shape index (κ3) is 3.24. The monoisotopic (exact) mass is 283 g/mol. The third-order valence-corrected chi connectivity index (χ3v) is 2.82. The maximum Gasteiger partial charge on any atom is 0.387 e. The van der Waals surface area contributed by atoms with Crippen LogP contribution in [0.2, 0.25) is 0 Å². The van der Waals surface area contributed by atoms with Gasteiger partial charge in [0.2, 0.25) is 0 Å². The molecule has 0 fully saturated rings. The highest BCUT2D eigenvalue weighted by Gasteiger charge is 2.17. The van der Waals surface area contributed by atoms with Gasteiger partial charge in [0, 0.05) is 12.4 Å². The molecule has 1 unspecified atom stereocenters. The highest BCUT2D eigenvalue weighted by Crippen LogP contribution is 2.31. The van der Waals surface area contributed by atoms with Crippen LogP contribution in [-0.2, 0) is 0 Å². The van der Waals surface area contributed by atoms with Crippen LogP contribution in [0.15, 0.2) is 35.5 Å². The Morgan fingerprint density at radius 2 is 2.15 bits per heavy atom. The minimum absolute atomic E-state index is 0.0225. The minimum Gasteiger partial charge on any atom is -0.493 e. The second-order valence-electron chi connectivity index (χ2n) is 4.06. The van der Waals surface area contributed by atoms with Gasteiger partial charge in [-0.05, 0) is 23.8 Å². The Balaban J connectivity index is 2.20. The van der Waals surface area contributed by atoms with Crippen LogP contribution < -0.4 is 15.2 Å². The molecular weight excluding hydrogens is 268 g/mol. The highest BCUT2D eigenvalue weighted by molar-refractivity contribution is 5.71. The molecule has 0 bridgehead atoms. The molecule has 20 heavy (non-hydrogen) atoms. The molecule has 1 aliphatic rings. The van der Waals surface area contributed by atoms with E-state index in [4.69, 9.17) is 10.5 Å². The van der Waals surface area contributed by atoms with Gasteiger partial charge in [0.05, 0.1) is 7.11 Å². The Bertz CT molecular complexity index is 520. The van der Waals surface area contributed by atoms with Crippen LogP contribution in [0.4, 0.5) is 8.78 Å². The average molecular weight is 283 g/mol. The molecule has 7 heteroatoms. The van der Waals surface area contributed by atoms with E-state index in [9.17, 15) is 8.78 Å². The zero-order valence-corrected chi connectivity index (χ0v) is 10.9. The first kappa shape index (κ1) is 14.3. The molecule has 1 aliphatic heterocycles. The summed E-state index contributed by atoms with van der Waals surface area (Å²) in [6, 6.07) is 4.61. The Labute approximate surface area is 115 Å². The lowest BCUT2D eigenvalue weighted by Gasteiger charge is -2.27. The molecule has 0 saturated carbocycles. The number of methoxy groups -OCH3 is 1. The van der Waals surface area contributed by atoms with Crippen LogP contribution in [-0.4, -0.2) is 31.5 Å². The van der Waals surface area contributed by atoms with Gasteiger partial charge >= 0.3 is 6.61 Å². The quantitative estimate of drug-likeness (QED) is 0.899. The second kappa shape index (κ2) is 6.33. The smallest absolute Gasteiger partial charge is 0.387 e. The van der Waals surface area contributed by atoms with Crippen LogP contribution in [0.1, 0.15) is 11.7 Å². The summed E-state index contributed by atoms with van der Waals surface area (Å²) in [5, 5.41) is 0. The van der Waals surface area contributed by atoms with Crippen molar-refractivity contribution >= 4 is 6.21 Å². The maximum atomic E-state index is 12.3. The lowest BCUT2D eigenvalue weighted by atomic mass is 10.1. The van der Waals surface area contributed by atoms with E-state index in [-0.39, 0.29) is 11.5 Å². The van der Waals surface area contributed by atoms with E-state index < -0.39 is 12.8 Å². The van der Waals surface area contributed by atoms with Gasteiger partial charge in [0.25, 0.3) is 0 Å². The molecule has 1 atom stereocenters. The number of benzene rings is 1. The number of allylic oxidation sites excluding steroid dienone is 1. The molecule has 1 heterocycles. The summed E-state index contributed by atoms with van der Waals surface area (Å²) in [5.41, 5.74) is 6.81. The fraction of sp³-hybridized carbons (Fsp3) is 0.308.